The van der Waals surface area contributed by atoms with Gasteiger partial charge in [0.1, 0.15) is 60.5 Å². The van der Waals surface area contributed by atoms with Crippen molar-refractivity contribution < 1.29 is 62.5 Å². The number of aliphatic carboxylic acids is 1. The number of carboxylic acid groups (broad SMARTS) is 1. The molecule has 0 rings (SSSR count). The second kappa shape index (κ2) is 32.9. The van der Waals surface area contributed by atoms with E-state index in [1.54, 1.807) is 41.5 Å². The Labute approximate surface area is 466 Å². The molecule has 0 fully saturated rings. The number of carboxylic acids is 1. The number of amides is 9. The quantitative estimate of drug-likeness (QED) is 0.0703. The van der Waals surface area contributed by atoms with Crippen LogP contribution in [-0.4, -0.2) is 210 Å². The first-order valence-corrected chi connectivity index (χ1v) is 27.4. The van der Waals surface area contributed by atoms with Gasteiger partial charge in [-0.25, -0.2) is 4.79 Å². The van der Waals surface area contributed by atoms with Crippen LogP contribution in [0.2, 0.25) is 0 Å². The standard InChI is InChI=1S/C56H101N9O13/c1-24-26-27-36(11)46(77-23)45(49(70)59-39(25-2)51(72)60(17)31-43(66)67)65(22)54(75)44(35(9)10)64(21)53(74)42(30-34(7)8)62(19)52(73)41(29-33(5)6)61(18)50(71)38(13)58-47(68)37(12)57-48(69)40(28-32(3)4)63(20)55(76)78-56(14,15)16/h24,26,32-42,44-46H,25,27-31H2,1-23H3,(H,57,69)(H,58,68)(H,59,70)(H,66,67)/b26-24+/t36-,37+,38-,39+,40-,41+,42+,44+,45+,46-/m1/s1. The van der Waals surface area contributed by atoms with Crippen LogP contribution in [0.3, 0.4) is 0 Å². The number of ether oxygens (including phenoxy) is 2. The van der Waals surface area contributed by atoms with Crippen LogP contribution in [0.5, 0.6) is 0 Å². The number of methoxy groups -OCH3 is 1. The van der Waals surface area contributed by atoms with Gasteiger partial charge >= 0.3 is 12.1 Å². The molecule has 4 N–H and O–H groups in total. The maximum absolute atomic E-state index is 15.0. The topological polar surface area (TPSA) is 265 Å². The molecule has 22 heteroatoms. The Morgan fingerprint density at radius 2 is 1.00 bits per heavy atom. The summed E-state index contributed by atoms with van der Waals surface area (Å²) in [6.07, 6.45) is 3.30. The van der Waals surface area contributed by atoms with E-state index in [1.807, 2.05) is 67.5 Å². The lowest BCUT2D eigenvalue weighted by atomic mass is 9.91. The van der Waals surface area contributed by atoms with Crippen LogP contribution in [0.15, 0.2) is 12.2 Å². The fourth-order valence-electron chi connectivity index (χ4n) is 9.17. The minimum atomic E-state index is -1.34. The number of rotatable bonds is 31. The molecule has 0 saturated carbocycles. The second-order valence-corrected chi connectivity index (χ2v) is 23.5. The number of nitrogens with one attached hydrogen (secondary N) is 3. The number of carbonyl (C=O) groups is 10. The van der Waals surface area contributed by atoms with Crippen LogP contribution < -0.4 is 16.0 Å². The molecule has 0 aliphatic carbocycles. The van der Waals surface area contributed by atoms with Crippen LogP contribution in [0.1, 0.15) is 143 Å². The maximum Gasteiger partial charge on any atom is 0.410 e. The van der Waals surface area contributed by atoms with E-state index in [0.29, 0.717) is 6.42 Å². The van der Waals surface area contributed by atoms with E-state index in [0.717, 1.165) is 4.90 Å². The molecule has 0 aromatic heterocycles. The summed E-state index contributed by atoms with van der Waals surface area (Å²) >= 11 is 0. The van der Waals surface area contributed by atoms with E-state index in [9.17, 15) is 43.5 Å². The third kappa shape index (κ3) is 22.1. The summed E-state index contributed by atoms with van der Waals surface area (Å²) in [5.74, 6) is -7.44. The molecular weight excluding hydrogens is 1010 g/mol. The number of carbonyl (C=O) groups excluding carboxylic acids is 9. The lowest BCUT2D eigenvalue weighted by Crippen LogP contribution is -2.63. The number of likely N-dealkylation sites (N-methyl/N-ethyl adjacent to an activating group) is 6. The fourth-order valence-corrected chi connectivity index (χ4v) is 9.17. The smallest absolute Gasteiger partial charge is 0.410 e. The molecule has 78 heavy (non-hydrogen) atoms. The molecule has 22 nitrogen and oxygen atoms in total. The van der Waals surface area contributed by atoms with Gasteiger partial charge in [-0.05, 0) is 103 Å². The summed E-state index contributed by atoms with van der Waals surface area (Å²) in [4.78, 5) is 146. The molecule has 0 unspecified atom stereocenters. The number of allylic oxidation sites excluding steroid dienone is 2. The van der Waals surface area contributed by atoms with Crippen molar-refractivity contribution in [3.8, 4) is 0 Å². The largest absolute Gasteiger partial charge is 0.480 e. The minimum Gasteiger partial charge on any atom is -0.480 e. The van der Waals surface area contributed by atoms with Crippen molar-refractivity contribution in [3.63, 3.8) is 0 Å². The highest BCUT2D eigenvalue weighted by atomic mass is 16.6. The SMILES string of the molecule is C/C=C/C[C@@H](C)[C@@H](OC)[C@@H](C(=O)N[C@@H](CC)C(=O)N(C)CC(=O)O)N(C)C(=O)[C@H](C(C)C)N(C)C(=O)[C@H](CC(C)C)N(C)C(=O)[C@H](CC(C)C)N(C)C(=O)[C@@H](C)NC(=O)[C@H](C)NC(=O)[C@@H](CC(C)C)N(C)C(=O)OC(C)(C)C. The lowest BCUT2D eigenvalue weighted by molar-refractivity contribution is -0.158. The Morgan fingerprint density at radius 1 is 0.551 bits per heavy atom. The van der Waals surface area contributed by atoms with Gasteiger partial charge in [0.15, 0.2) is 0 Å². The van der Waals surface area contributed by atoms with Gasteiger partial charge in [0.2, 0.25) is 47.3 Å². The van der Waals surface area contributed by atoms with Crippen molar-refractivity contribution >= 4 is 59.3 Å². The average Bonchev–Trinajstić information content (AvgIpc) is 3.33. The van der Waals surface area contributed by atoms with Crippen LogP contribution in [0.25, 0.3) is 0 Å². The van der Waals surface area contributed by atoms with Crippen LogP contribution >= 0.6 is 0 Å². The third-order valence-corrected chi connectivity index (χ3v) is 13.6. The molecule has 9 amide bonds. The van der Waals surface area contributed by atoms with Gasteiger partial charge < -0.3 is 55.0 Å². The first-order chi connectivity index (χ1) is 35.8. The first-order valence-electron chi connectivity index (χ1n) is 27.4. The minimum absolute atomic E-state index is 0.00288. The van der Waals surface area contributed by atoms with E-state index in [4.69, 9.17) is 9.47 Å². The van der Waals surface area contributed by atoms with E-state index in [2.05, 4.69) is 16.0 Å². The van der Waals surface area contributed by atoms with Gasteiger partial charge in [0.25, 0.3) is 0 Å². The first kappa shape index (κ1) is 72.2. The van der Waals surface area contributed by atoms with Gasteiger partial charge in [0.05, 0.1) is 6.10 Å². The highest BCUT2D eigenvalue weighted by Crippen LogP contribution is 2.26. The highest BCUT2D eigenvalue weighted by Gasteiger charge is 2.45. The van der Waals surface area contributed by atoms with E-state index < -0.39 is 132 Å². The summed E-state index contributed by atoms with van der Waals surface area (Å²) in [7, 11) is 9.98. The molecule has 0 radical (unpaired) electrons. The molecule has 0 spiro atoms. The Balaban J connectivity index is 7.03. The molecule has 0 aliphatic heterocycles. The molecular formula is C56H101N9O13. The van der Waals surface area contributed by atoms with E-state index in [-0.39, 0.29) is 49.4 Å². The maximum atomic E-state index is 15.0. The van der Waals surface area contributed by atoms with E-state index >= 15 is 9.59 Å². The van der Waals surface area contributed by atoms with Crippen molar-refractivity contribution in [1.82, 2.24) is 45.3 Å². The van der Waals surface area contributed by atoms with Gasteiger partial charge in [-0.1, -0.05) is 81.4 Å². The molecule has 0 aromatic rings. The molecule has 0 bridgehead atoms. The summed E-state index contributed by atoms with van der Waals surface area (Å²) in [6.45, 7) is 27.6. The van der Waals surface area contributed by atoms with Crippen molar-refractivity contribution in [2.45, 2.75) is 203 Å². The van der Waals surface area contributed by atoms with Crippen molar-refractivity contribution in [3.05, 3.63) is 12.2 Å². The molecule has 0 heterocycles. The predicted molar refractivity (Wildman–Crippen MR) is 299 cm³/mol. The third-order valence-electron chi connectivity index (χ3n) is 13.6. The van der Waals surface area contributed by atoms with Crippen LogP contribution in [0.4, 0.5) is 4.79 Å². The summed E-state index contributed by atoms with van der Waals surface area (Å²) in [6, 6.07) is -9.20. The number of hydrogen-bond acceptors (Lipinski definition) is 12. The van der Waals surface area contributed by atoms with Gasteiger partial charge in [-0.15, -0.1) is 0 Å². The second-order valence-electron chi connectivity index (χ2n) is 23.5. The normalized spacial score (nSPS) is 15.7. The Bertz CT molecular complexity index is 2060. The predicted octanol–water partition coefficient (Wildman–Crippen LogP) is 4.39. The van der Waals surface area contributed by atoms with Crippen LogP contribution in [0, 0.1) is 29.6 Å². The van der Waals surface area contributed by atoms with Gasteiger partial charge in [0, 0.05) is 49.4 Å². The summed E-state index contributed by atoms with van der Waals surface area (Å²) in [5.41, 5.74) is -0.811. The van der Waals surface area contributed by atoms with Crippen molar-refractivity contribution in [2.75, 3.05) is 55.9 Å². The fraction of sp³-hybridized carbons (Fsp3) is 0.786. The summed E-state index contributed by atoms with van der Waals surface area (Å²) in [5, 5.41) is 17.4. The Morgan fingerprint density at radius 3 is 1.42 bits per heavy atom. The van der Waals surface area contributed by atoms with Gasteiger partial charge in [-0.2, -0.15) is 0 Å². The zero-order chi connectivity index (χ0) is 61.0. The van der Waals surface area contributed by atoms with Crippen molar-refractivity contribution in [1.29, 1.82) is 0 Å². The Kier molecular flexibility index (Phi) is 30.5. The Hall–Kier alpha value is -5.80. The lowest BCUT2D eigenvalue weighted by Gasteiger charge is -2.42. The van der Waals surface area contributed by atoms with Gasteiger partial charge in [-0.3, -0.25) is 48.1 Å². The summed E-state index contributed by atoms with van der Waals surface area (Å²) < 4.78 is 11.4. The van der Waals surface area contributed by atoms with E-state index in [1.165, 1.54) is 87.7 Å². The van der Waals surface area contributed by atoms with Crippen LogP contribution in [-0.2, 0) is 52.6 Å². The molecule has 10 atom stereocenters. The number of nitrogens with zero attached hydrogens (tertiary/aromatic N) is 6. The molecule has 0 aromatic carbocycles. The molecule has 448 valence electrons. The highest BCUT2D eigenvalue weighted by molar-refractivity contribution is 5.98. The average molecular weight is 1110 g/mol. The number of hydrogen-bond donors (Lipinski definition) is 4. The molecule has 0 aliphatic rings. The zero-order valence-electron chi connectivity index (χ0n) is 51.5. The zero-order valence-corrected chi connectivity index (χ0v) is 51.5. The molecule has 0 saturated heterocycles. The monoisotopic (exact) mass is 1110 g/mol. The van der Waals surface area contributed by atoms with Crippen molar-refractivity contribution in [2.24, 2.45) is 29.6 Å².